The first kappa shape index (κ1) is 18.0. The van der Waals surface area contributed by atoms with E-state index in [9.17, 15) is 9.59 Å². The fraction of sp³-hybridized carbons (Fsp3) is 0.652. The van der Waals surface area contributed by atoms with Crippen LogP contribution in [0.1, 0.15) is 51.5 Å². The minimum atomic E-state index is -1.98. The van der Waals surface area contributed by atoms with Gasteiger partial charge in [0.15, 0.2) is 0 Å². The van der Waals surface area contributed by atoms with Crippen molar-refractivity contribution in [2.45, 2.75) is 57.8 Å². The maximum absolute atomic E-state index is 12.7. The summed E-state index contributed by atoms with van der Waals surface area (Å²) in [5.41, 5.74) is 1.63. The van der Waals surface area contributed by atoms with Gasteiger partial charge in [-0.3, -0.25) is 9.59 Å². The summed E-state index contributed by atoms with van der Waals surface area (Å²) in [6.45, 7) is 5.75. The molecular formula is C23H30BNO4. The molecule has 6 heteroatoms. The van der Waals surface area contributed by atoms with E-state index in [1.807, 2.05) is 6.07 Å². The van der Waals surface area contributed by atoms with E-state index in [2.05, 4.69) is 45.0 Å². The molecule has 0 spiro atoms. The largest absolute Gasteiger partial charge is 0.600 e. The van der Waals surface area contributed by atoms with E-state index < -0.39 is 6.69 Å². The van der Waals surface area contributed by atoms with E-state index in [1.165, 1.54) is 12.0 Å². The summed E-state index contributed by atoms with van der Waals surface area (Å²) >= 11 is 0. The predicted octanol–water partition coefficient (Wildman–Crippen LogP) is 3.48. The third-order valence-electron chi connectivity index (χ3n) is 9.75. The number of carbonyl (C=O) groups excluding carboxylic acids is 2. The number of carbonyl (C=O) groups is 2. The first-order valence-electron chi connectivity index (χ1n) is 11.3. The molecule has 1 aromatic rings. The highest BCUT2D eigenvalue weighted by atomic mass is 16.7. The van der Waals surface area contributed by atoms with Gasteiger partial charge in [0.05, 0.1) is 6.04 Å². The molecule has 2 saturated heterocycles. The lowest BCUT2D eigenvalue weighted by Crippen LogP contribution is -2.73. The maximum Gasteiger partial charge on any atom is 0.588 e. The van der Waals surface area contributed by atoms with Crippen LogP contribution in [-0.2, 0) is 18.9 Å². The first-order valence-corrected chi connectivity index (χ1v) is 11.3. The van der Waals surface area contributed by atoms with Crippen molar-refractivity contribution in [2.24, 2.45) is 23.2 Å². The standard InChI is InChI=1S/C23H30BNO4/c1-14-18-9-16(23(18,2)3)10-20(14)25-12-21(26)28-24(25,29-22(27)13-25)19-11-17(19)15-7-5-4-6-8-15/h4-8,14,16-20H,9-13H2,1-3H3/t14-,16+,17+,18?,19?,20?,24?,25?/m1/s1. The molecule has 0 N–H and O–H groups in total. The molecule has 1 aromatic carbocycles. The van der Waals surface area contributed by atoms with Gasteiger partial charge in [-0.15, -0.1) is 0 Å². The molecule has 29 heavy (non-hydrogen) atoms. The third kappa shape index (κ3) is 2.11. The first-order chi connectivity index (χ1) is 13.8. The highest BCUT2D eigenvalue weighted by Crippen LogP contribution is 2.68. The minimum absolute atomic E-state index is 0.119. The second-order valence-electron chi connectivity index (χ2n) is 11.1. The van der Waals surface area contributed by atoms with Gasteiger partial charge in [-0.1, -0.05) is 57.5 Å². The molecule has 2 bridgehead atoms. The van der Waals surface area contributed by atoms with Crippen molar-refractivity contribution >= 4 is 18.6 Å². The van der Waals surface area contributed by atoms with E-state index in [1.54, 1.807) is 0 Å². The van der Waals surface area contributed by atoms with Gasteiger partial charge in [-0.05, 0) is 47.4 Å². The Morgan fingerprint density at radius 3 is 2.24 bits per heavy atom. The van der Waals surface area contributed by atoms with Gasteiger partial charge >= 0.3 is 18.6 Å². The summed E-state index contributed by atoms with van der Waals surface area (Å²) < 4.78 is 12.6. The number of quaternary nitrogens is 1. The van der Waals surface area contributed by atoms with Crippen molar-refractivity contribution < 1.29 is 23.3 Å². The SMILES string of the molecule is C[C@@H]1C2C[C@@H](CC1[N+]13CC(=O)O[B-]1(C1C[C@H]1c1ccccc1)OC(=O)C3)C2(C)C. The number of rotatable bonds is 3. The van der Waals surface area contributed by atoms with Crippen LogP contribution in [0.4, 0.5) is 0 Å². The fourth-order valence-corrected chi connectivity index (χ4v) is 8.10. The molecule has 4 aliphatic carbocycles. The fourth-order valence-electron chi connectivity index (χ4n) is 8.10. The molecule has 4 saturated carbocycles. The molecule has 154 valence electrons. The molecule has 2 aliphatic heterocycles. The average Bonchev–Trinajstić information content (AvgIpc) is 3.36. The zero-order valence-corrected chi connectivity index (χ0v) is 17.5. The smallest absolute Gasteiger partial charge is 0.588 e. The van der Waals surface area contributed by atoms with Gasteiger partial charge < -0.3 is 13.7 Å². The Bertz CT molecular complexity index is 879. The molecule has 2 heterocycles. The van der Waals surface area contributed by atoms with E-state index in [0.717, 1.165) is 12.8 Å². The molecular weight excluding hydrogens is 365 g/mol. The van der Waals surface area contributed by atoms with Gasteiger partial charge in [0.25, 0.3) is 0 Å². The van der Waals surface area contributed by atoms with Crippen molar-refractivity contribution in [2.75, 3.05) is 13.1 Å². The summed E-state index contributed by atoms with van der Waals surface area (Å²) in [5, 5.41) is 0. The number of hydrogen-bond donors (Lipinski definition) is 0. The lowest BCUT2D eigenvalue weighted by Gasteiger charge is -2.66. The Hall–Kier alpha value is -1.82. The lowest BCUT2D eigenvalue weighted by atomic mass is 9.43. The van der Waals surface area contributed by atoms with Crippen LogP contribution >= 0.6 is 0 Å². The van der Waals surface area contributed by atoms with E-state index in [-0.39, 0.29) is 23.8 Å². The Labute approximate surface area is 172 Å². The number of fused-ring (bicyclic) bond motifs is 4. The molecule has 0 radical (unpaired) electrons. The highest BCUT2D eigenvalue weighted by molar-refractivity contribution is 6.68. The van der Waals surface area contributed by atoms with Gasteiger partial charge in [0, 0.05) is 5.92 Å². The number of hydrogen-bond acceptors (Lipinski definition) is 4. The summed E-state index contributed by atoms with van der Waals surface area (Å²) in [6.07, 6.45) is 3.29. The molecule has 0 aromatic heterocycles. The van der Waals surface area contributed by atoms with Crippen LogP contribution in [0.15, 0.2) is 30.3 Å². The van der Waals surface area contributed by atoms with Crippen LogP contribution in [0.2, 0.25) is 5.82 Å². The van der Waals surface area contributed by atoms with Gasteiger partial charge in [-0.25, -0.2) is 0 Å². The Kier molecular flexibility index (Phi) is 3.38. The van der Waals surface area contributed by atoms with Crippen LogP contribution in [0.5, 0.6) is 0 Å². The van der Waals surface area contributed by atoms with Crippen molar-refractivity contribution in [1.82, 2.24) is 0 Å². The van der Waals surface area contributed by atoms with Crippen LogP contribution in [-0.4, -0.2) is 42.2 Å². The molecule has 0 amide bonds. The summed E-state index contributed by atoms with van der Waals surface area (Å²) in [5.74, 6) is 1.87. The second kappa shape index (κ2) is 5.45. The minimum Gasteiger partial charge on any atom is -0.600 e. The lowest BCUT2D eigenvalue weighted by molar-refractivity contribution is -0.852. The summed E-state index contributed by atoms with van der Waals surface area (Å²) in [6, 6.07) is 10.7. The monoisotopic (exact) mass is 395 g/mol. The van der Waals surface area contributed by atoms with Gasteiger partial charge in [0.2, 0.25) is 0 Å². The van der Waals surface area contributed by atoms with Crippen molar-refractivity contribution in [3.05, 3.63) is 35.9 Å². The molecule has 5 nitrogen and oxygen atoms in total. The van der Waals surface area contributed by atoms with Crippen LogP contribution in [0, 0.1) is 23.2 Å². The normalized spacial score (nSPS) is 49.1. The quantitative estimate of drug-likeness (QED) is 0.736. The molecule has 3 unspecified atom stereocenters. The zero-order valence-electron chi connectivity index (χ0n) is 17.5. The van der Waals surface area contributed by atoms with Crippen LogP contribution < -0.4 is 0 Å². The summed E-state index contributed by atoms with van der Waals surface area (Å²) in [7, 11) is 0. The molecule has 6 atom stereocenters. The second-order valence-corrected chi connectivity index (χ2v) is 11.1. The highest BCUT2D eigenvalue weighted by Gasteiger charge is 2.78. The Morgan fingerprint density at radius 2 is 1.66 bits per heavy atom. The number of nitrogens with zero attached hydrogens (tertiary/aromatic N) is 1. The van der Waals surface area contributed by atoms with E-state index in [4.69, 9.17) is 9.31 Å². The Balaban J connectivity index is 1.40. The van der Waals surface area contributed by atoms with Gasteiger partial charge in [0.1, 0.15) is 13.1 Å². The van der Waals surface area contributed by atoms with Gasteiger partial charge in [-0.2, -0.15) is 0 Å². The Morgan fingerprint density at radius 1 is 1.00 bits per heavy atom. The maximum atomic E-state index is 12.7. The average molecular weight is 395 g/mol. The predicted molar refractivity (Wildman–Crippen MR) is 108 cm³/mol. The van der Waals surface area contributed by atoms with E-state index in [0.29, 0.717) is 46.6 Å². The number of benzene rings is 1. The molecule has 6 aliphatic rings. The topological polar surface area (TPSA) is 52.6 Å². The molecule has 7 rings (SSSR count). The molecule has 6 fully saturated rings. The summed E-state index contributed by atoms with van der Waals surface area (Å²) in [4.78, 5) is 25.4. The van der Waals surface area contributed by atoms with Crippen molar-refractivity contribution in [3.8, 4) is 0 Å². The van der Waals surface area contributed by atoms with E-state index >= 15 is 0 Å². The third-order valence-corrected chi connectivity index (χ3v) is 9.75. The zero-order chi connectivity index (χ0) is 20.2. The van der Waals surface area contributed by atoms with Crippen molar-refractivity contribution in [1.29, 1.82) is 0 Å². The van der Waals surface area contributed by atoms with Crippen LogP contribution in [0.3, 0.4) is 0 Å². The van der Waals surface area contributed by atoms with Crippen molar-refractivity contribution in [3.63, 3.8) is 0 Å². The van der Waals surface area contributed by atoms with Crippen LogP contribution in [0.25, 0.3) is 0 Å².